The summed E-state index contributed by atoms with van der Waals surface area (Å²) in [5.41, 5.74) is 0.703. The summed E-state index contributed by atoms with van der Waals surface area (Å²) < 4.78 is 15.8. The third-order valence-electron chi connectivity index (χ3n) is 4.25. The number of benzene rings is 1. The number of rotatable bonds is 5. The Labute approximate surface area is 125 Å². The average molecular weight is 287 g/mol. The lowest BCUT2D eigenvalue weighted by Gasteiger charge is -2.22. The summed E-state index contributed by atoms with van der Waals surface area (Å²) in [6, 6.07) is 7.53. The molecule has 1 heterocycles. The van der Waals surface area contributed by atoms with E-state index in [9.17, 15) is 4.39 Å². The molecule has 1 saturated carbocycles. The molecule has 112 valence electrons. The number of hydrogen-bond donors (Lipinski definition) is 1. The van der Waals surface area contributed by atoms with Crippen LogP contribution in [0.4, 0.5) is 4.39 Å². The molecule has 0 saturated heterocycles. The number of nitrogens with one attached hydrogen (secondary N) is 1. The first kappa shape index (κ1) is 14.3. The summed E-state index contributed by atoms with van der Waals surface area (Å²) in [4.78, 5) is 4.40. The summed E-state index contributed by atoms with van der Waals surface area (Å²) >= 11 is 0. The third kappa shape index (κ3) is 3.70. The predicted molar refractivity (Wildman–Crippen MR) is 81.4 cm³/mol. The number of nitrogens with zero attached hydrogens (tertiary/aromatic N) is 2. The van der Waals surface area contributed by atoms with Crippen molar-refractivity contribution in [3.05, 3.63) is 53.9 Å². The molecule has 21 heavy (non-hydrogen) atoms. The molecular formula is C17H22FN3. The molecule has 1 N–H and O–H groups in total. The Morgan fingerprint density at radius 1 is 1.19 bits per heavy atom. The van der Waals surface area contributed by atoms with Gasteiger partial charge in [0.1, 0.15) is 11.6 Å². The van der Waals surface area contributed by atoms with Crippen LogP contribution in [-0.2, 0) is 13.1 Å². The van der Waals surface area contributed by atoms with Gasteiger partial charge in [-0.25, -0.2) is 9.37 Å². The van der Waals surface area contributed by atoms with E-state index < -0.39 is 0 Å². The first-order valence-corrected chi connectivity index (χ1v) is 7.80. The molecule has 0 radical (unpaired) electrons. The van der Waals surface area contributed by atoms with Gasteiger partial charge in [0.05, 0.1) is 13.1 Å². The standard InChI is InChI=1S/C17H22FN3/c18-16-9-5-4-6-14(16)13-21-11-10-19-17(21)12-20-15-7-2-1-3-8-15/h4-6,9-11,15,20H,1-3,7-8,12-13H2. The Balaban J connectivity index is 1.62. The highest BCUT2D eigenvalue weighted by molar-refractivity contribution is 5.18. The molecule has 1 aromatic heterocycles. The van der Waals surface area contributed by atoms with E-state index in [0.29, 0.717) is 18.2 Å². The Morgan fingerprint density at radius 2 is 2.00 bits per heavy atom. The molecular weight excluding hydrogens is 265 g/mol. The predicted octanol–water partition coefficient (Wildman–Crippen LogP) is 3.49. The van der Waals surface area contributed by atoms with Crippen molar-refractivity contribution in [3.63, 3.8) is 0 Å². The molecule has 2 aromatic rings. The molecule has 0 aliphatic heterocycles. The van der Waals surface area contributed by atoms with Gasteiger partial charge in [0.25, 0.3) is 0 Å². The molecule has 1 fully saturated rings. The highest BCUT2D eigenvalue weighted by atomic mass is 19.1. The fraction of sp³-hybridized carbons (Fsp3) is 0.471. The van der Waals surface area contributed by atoms with Gasteiger partial charge in [-0.2, -0.15) is 0 Å². The van der Waals surface area contributed by atoms with Crippen LogP contribution in [-0.4, -0.2) is 15.6 Å². The Kier molecular flexibility index (Phi) is 4.65. The normalized spacial score (nSPS) is 16.2. The minimum Gasteiger partial charge on any atom is -0.329 e. The summed E-state index contributed by atoms with van der Waals surface area (Å²) in [5, 5.41) is 3.59. The van der Waals surface area contributed by atoms with Gasteiger partial charge in [0, 0.05) is 24.0 Å². The number of imidazole rings is 1. The Morgan fingerprint density at radius 3 is 2.81 bits per heavy atom. The van der Waals surface area contributed by atoms with Crippen molar-refractivity contribution in [1.29, 1.82) is 0 Å². The number of aromatic nitrogens is 2. The van der Waals surface area contributed by atoms with Gasteiger partial charge in [-0.1, -0.05) is 37.5 Å². The molecule has 1 aromatic carbocycles. The summed E-state index contributed by atoms with van der Waals surface area (Å²) in [5.74, 6) is 0.821. The van der Waals surface area contributed by atoms with Crippen molar-refractivity contribution in [2.75, 3.05) is 0 Å². The van der Waals surface area contributed by atoms with Crippen LogP contribution >= 0.6 is 0 Å². The lowest BCUT2D eigenvalue weighted by atomic mass is 9.95. The van der Waals surface area contributed by atoms with Crippen molar-refractivity contribution in [2.45, 2.75) is 51.2 Å². The topological polar surface area (TPSA) is 29.9 Å². The fourth-order valence-corrected chi connectivity index (χ4v) is 3.00. The zero-order chi connectivity index (χ0) is 14.5. The lowest BCUT2D eigenvalue weighted by molar-refractivity contribution is 0.367. The Bertz CT molecular complexity index is 573. The van der Waals surface area contributed by atoms with Gasteiger partial charge in [-0.15, -0.1) is 0 Å². The van der Waals surface area contributed by atoms with E-state index in [-0.39, 0.29) is 5.82 Å². The summed E-state index contributed by atoms with van der Waals surface area (Å²) in [7, 11) is 0. The van der Waals surface area contributed by atoms with Gasteiger partial charge in [0.2, 0.25) is 0 Å². The van der Waals surface area contributed by atoms with E-state index in [4.69, 9.17) is 0 Å². The molecule has 3 nitrogen and oxygen atoms in total. The van der Waals surface area contributed by atoms with Crippen LogP contribution < -0.4 is 5.32 Å². The average Bonchev–Trinajstić information content (AvgIpc) is 2.96. The minimum atomic E-state index is -0.155. The second-order valence-electron chi connectivity index (χ2n) is 5.78. The molecule has 1 aliphatic carbocycles. The Hall–Kier alpha value is -1.68. The van der Waals surface area contributed by atoms with E-state index in [0.717, 1.165) is 12.4 Å². The maximum atomic E-state index is 13.7. The maximum Gasteiger partial charge on any atom is 0.128 e. The number of hydrogen-bond acceptors (Lipinski definition) is 2. The maximum absolute atomic E-state index is 13.7. The van der Waals surface area contributed by atoms with Crippen molar-refractivity contribution in [2.24, 2.45) is 0 Å². The van der Waals surface area contributed by atoms with Crippen molar-refractivity contribution >= 4 is 0 Å². The molecule has 0 spiro atoms. The van der Waals surface area contributed by atoms with Gasteiger partial charge in [-0.3, -0.25) is 0 Å². The third-order valence-corrected chi connectivity index (χ3v) is 4.25. The highest BCUT2D eigenvalue weighted by Crippen LogP contribution is 2.18. The summed E-state index contributed by atoms with van der Waals surface area (Å²) in [6.07, 6.45) is 10.2. The second-order valence-corrected chi connectivity index (χ2v) is 5.78. The van der Waals surface area contributed by atoms with Crippen molar-refractivity contribution in [3.8, 4) is 0 Å². The van der Waals surface area contributed by atoms with Crippen LogP contribution in [0.15, 0.2) is 36.7 Å². The number of halogens is 1. The van der Waals surface area contributed by atoms with Gasteiger partial charge in [-0.05, 0) is 18.9 Å². The largest absolute Gasteiger partial charge is 0.329 e. The molecule has 0 atom stereocenters. The van der Waals surface area contributed by atoms with Crippen LogP contribution in [0.25, 0.3) is 0 Å². The van der Waals surface area contributed by atoms with E-state index in [1.165, 1.54) is 38.2 Å². The van der Waals surface area contributed by atoms with Gasteiger partial charge < -0.3 is 9.88 Å². The van der Waals surface area contributed by atoms with Gasteiger partial charge in [0.15, 0.2) is 0 Å². The molecule has 0 unspecified atom stereocenters. The zero-order valence-corrected chi connectivity index (χ0v) is 12.3. The lowest BCUT2D eigenvalue weighted by Crippen LogP contribution is -2.31. The first-order valence-electron chi connectivity index (χ1n) is 7.80. The van der Waals surface area contributed by atoms with Crippen molar-refractivity contribution in [1.82, 2.24) is 14.9 Å². The zero-order valence-electron chi connectivity index (χ0n) is 12.3. The smallest absolute Gasteiger partial charge is 0.128 e. The van der Waals surface area contributed by atoms with Crippen LogP contribution in [0.1, 0.15) is 43.5 Å². The van der Waals surface area contributed by atoms with Gasteiger partial charge >= 0.3 is 0 Å². The van der Waals surface area contributed by atoms with Crippen LogP contribution in [0.3, 0.4) is 0 Å². The highest BCUT2D eigenvalue weighted by Gasteiger charge is 2.14. The molecule has 0 amide bonds. The van der Waals surface area contributed by atoms with Crippen molar-refractivity contribution < 1.29 is 4.39 Å². The summed E-state index contributed by atoms with van der Waals surface area (Å²) in [6.45, 7) is 1.29. The first-order chi connectivity index (χ1) is 10.3. The van der Waals surface area contributed by atoms with E-state index in [1.807, 2.05) is 22.9 Å². The van der Waals surface area contributed by atoms with E-state index >= 15 is 0 Å². The van der Waals surface area contributed by atoms with Crippen LogP contribution in [0.2, 0.25) is 0 Å². The van der Waals surface area contributed by atoms with Crippen LogP contribution in [0.5, 0.6) is 0 Å². The molecule has 4 heteroatoms. The van der Waals surface area contributed by atoms with E-state index in [1.54, 1.807) is 12.3 Å². The molecule has 0 bridgehead atoms. The van der Waals surface area contributed by atoms with Crippen LogP contribution in [0, 0.1) is 5.82 Å². The fourth-order valence-electron chi connectivity index (χ4n) is 3.00. The minimum absolute atomic E-state index is 0.155. The molecule has 1 aliphatic rings. The molecule has 3 rings (SSSR count). The van der Waals surface area contributed by atoms with E-state index in [2.05, 4.69) is 10.3 Å². The quantitative estimate of drug-likeness (QED) is 0.912. The second kappa shape index (κ2) is 6.85. The SMILES string of the molecule is Fc1ccccc1Cn1ccnc1CNC1CCCCC1. The monoisotopic (exact) mass is 287 g/mol.